The Hall–Kier alpha value is -3.46. The van der Waals surface area contributed by atoms with Crippen LogP contribution in [0.4, 0.5) is 5.69 Å². The highest BCUT2D eigenvalue weighted by Crippen LogP contribution is 2.40. The summed E-state index contributed by atoms with van der Waals surface area (Å²) in [5.74, 6) is 1.65. The maximum absolute atomic E-state index is 12.6. The van der Waals surface area contributed by atoms with Crippen LogP contribution in [0.5, 0.6) is 23.0 Å². The van der Waals surface area contributed by atoms with Gasteiger partial charge in [0.25, 0.3) is 0 Å². The number of aromatic hydroxyl groups is 1. The van der Waals surface area contributed by atoms with E-state index in [2.05, 4.69) is 5.32 Å². The monoisotopic (exact) mass is 427 g/mol. The van der Waals surface area contributed by atoms with E-state index in [0.717, 1.165) is 5.56 Å². The Morgan fingerprint density at radius 3 is 2.55 bits per heavy atom. The molecular formula is C22H25N3O6. The Morgan fingerprint density at radius 2 is 1.84 bits per heavy atom. The van der Waals surface area contributed by atoms with Crippen LogP contribution in [0, 0.1) is 0 Å². The minimum Gasteiger partial charge on any atom is -0.508 e. The number of fused-ring (bicyclic) bond motifs is 1. The Bertz CT molecular complexity index is 972. The number of hydrogen-bond donors (Lipinski definition) is 2. The van der Waals surface area contributed by atoms with Crippen molar-refractivity contribution < 1.29 is 28.9 Å². The number of rotatable bonds is 6. The van der Waals surface area contributed by atoms with Gasteiger partial charge in [-0.2, -0.15) is 0 Å². The summed E-state index contributed by atoms with van der Waals surface area (Å²) in [4.78, 5) is 28.9. The first-order chi connectivity index (χ1) is 15.0. The summed E-state index contributed by atoms with van der Waals surface area (Å²) in [6.45, 7) is 2.68. The second-order valence-corrected chi connectivity index (χ2v) is 7.46. The van der Waals surface area contributed by atoms with Gasteiger partial charge in [-0.15, -0.1) is 0 Å². The quantitative estimate of drug-likeness (QED) is 0.720. The number of ether oxygens (including phenoxy) is 3. The fourth-order valence-corrected chi connectivity index (χ4v) is 3.69. The van der Waals surface area contributed by atoms with Gasteiger partial charge in [0.1, 0.15) is 11.5 Å². The Morgan fingerprint density at radius 1 is 1.10 bits per heavy atom. The smallest absolute Gasteiger partial charge is 0.238 e. The molecule has 31 heavy (non-hydrogen) atoms. The van der Waals surface area contributed by atoms with Gasteiger partial charge in [-0.3, -0.25) is 14.5 Å². The number of amides is 2. The highest BCUT2D eigenvalue weighted by atomic mass is 16.7. The van der Waals surface area contributed by atoms with Gasteiger partial charge >= 0.3 is 0 Å². The van der Waals surface area contributed by atoms with Crippen LogP contribution >= 0.6 is 0 Å². The van der Waals surface area contributed by atoms with Gasteiger partial charge in [0.15, 0.2) is 11.5 Å². The van der Waals surface area contributed by atoms with Gasteiger partial charge in [-0.1, -0.05) is 12.1 Å². The van der Waals surface area contributed by atoms with Gasteiger partial charge in [-0.25, -0.2) is 0 Å². The normalized spacial score (nSPS) is 15.6. The fourth-order valence-electron chi connectivity index (χ4n) is 3.69. The second kappa shape index (κ2) is 9.13. The molecule has 2 N–H and O–H groups in total. The highest BCUT2D eigenvalue weighted by Gasteiger charge is 2.24. The number of carbonyl (C=O) groups is 2. The number of nitrogens with zero attached hydrogens (tertiary/aromatic N) is 2. The van der Waals surface area contributed by atoms with Crippen molar-refractivity contribution in [1.29, 1.82) is 0 Å². The highest BCUT2D eigenvalue weighted by molar-refractivity contribution is 5.94. The summed E-state index contributed by atoms with van der Waals surface area (Å²) < 4.78 is 16.0. The number of carbonyl (C=O) groups excluding carboxylic acids is 2. The Labute approximate surface area is 180 Å². The third-order valence-electron chi connectivity index (χ3n) is 5.33. The Kier molecular flexibility index (Phi) is 6.13. The van der Waals surface area contributed by atoms with E-state index in [1.54, 1.807) is 35.2 Å². The van der Waals surface area contributed by atoms with Crippen molar-refractivity contribution in [2.24, 2.45) is 0 Å². The van der Waals surface area contributed by atoms with Crippen LogP contribution in [0.3, 0.4) is 0 Å². The SMILES string of the molecule is COc1cc2c(cc1NC(=O)CN1CCN(C(=O)Cc3cccc(O)c3)CC1)OCO2. The van der Waals surface area contributed by atoms with Crippen molar-refractivity contribution in [2.75, 3.05) is 51.9 Å². The maximum atomic E-state index is 12.6. The molecule has 9 heteroatoms. The zero-order chi connectivity index (χ0) is 21.8. The number of phenols is 1. The number of phenolic OH excluding ortho intramolecular Hbond substituents is 1. The molecule has 2 amide bonds. The summed E-state index contributed by atoms with van der Waals surface area (Å²) in [6, 6.07) is 10.1. The van der Waals surface area contributed by atoms with Crippen LogP contribution in [0.2, 0.25) is 0 Å². The van der Waals surface area contributed by atoms with Gasteiger partial charge in [0.05, 0.1) is 25.8 Å². The molecule has 2 heterocycles. The lowest BCUT2D eigenvalue weighted by Gasteiger charge is -2.34. The van der Waals surface area contributed by atoms with Gasteiger partial charge in [0.2, 0.25) is 18.6 Å². The molecule has 2 aromatic rings. The third kappa shape index (κ3) is 5.00. The van der Waals surface area contributed by atoms with Crippen molar-refractivity contribution >= 4 is 17.5 Å². The molecule has 0 spiro atoms. The molecule has 2 aliphatic rings. The fraction of sp³-hybridized carbons (Fsp3) is 0.364. The van der Waals surface area contributed by atoms with Gasteiger partial charge in [0, 0.05) is 38.3 Å². The number of piperazine rings is 1. The molecule has 1 saturated heterocycles. The van der Waals surface area contributed by atoms with Crippen molar-refractivity contribution in [1.82, 2.24) is 9.80 Å². The van der Waals surface area contributed by atoms with Crippen LogP contribution < -0.4 is 19.5 Å². The van der Waals surface area contributed by atoms with E-state index >= 15 is 0 Å². The van der Waals surface area contributed by atoms with Gasteiger partial charge < -0.3 is 29.5 Å². The summed E-state index contributed by atoms with van der Waals surface area (Å²) in [7, 11) is 1.53. The largest absolute Gasteiger partial charge is 0.508 e. The molecular weight excluding hydrogens is 402 g/mol. The van der Waals surface area contributed by atoms with Crippen LogP contribution in [0.15, 0.2) is 36.4 Å². The molecule has 0 unspecified atom stereocenters. The van der Waals surface area contributed by atoms with Gasteiger partial charge in [-0.05, 0) is 17.7 Å². The number of benzene rings is 2. The van der Waals surface area contributed by atoms with E-state index in [-0.39, 0.29) is 37.3 Å². The molecule has 2 aromatic carbocycles. The Balaban J connectivity index is 1.27. The molecule has 0 radical (unpaired) electrons. The maximum Gasteiger partial charge on any atom is 0.238 e. The third-order valence-corrected chi connectivity index (χ3v) is 5.33. The van der Waals surface area contributed by atoms with Crippen LogP contribution in [0.25, 0.3) is 0 Å². The predicted molar refractivity (Wildman–Crippen MR) is 113 cm³/mol. The summed E-state index contributed by atoms with van der Waals surface area (Å²) in [5, 5.41) is 12.4. The molecule has 0 atom stereocenters. The summed E-state index contributed by atoms with van der Waals surface area (Å²) in [6.07, 6.45) is 0.249. The lowest BCUT2D eigenvalue weighted by molar-refractivity contribution is -0.132. The number of anilines is 1. The van der Waals surface area contributed by atoms with E-state index in [0.29, 0.717) is 49.1 Å². The topological polar surface area (TPSA) is 101 Å². The molecule has 9 nitrogen and oxygen atoms in total. The molecule has 0 bridgehead atoms. The summed E-state index contributed by atoms with van der Waals surface area (Å²) >= 11 is 0. The van der Waals surface area contributed by atoms with Crippen molar-refractivity contribution in [2.45, 2.75) is 6.42 Å². The number of nitrogens with one attached hydrogen (secondary N) is 1. The van der Waals surface area contributed by atoms with Crippen molar-refractivity contribution in [3.8, 4) is 23.0 Å². The number of methoxy groups -OCH3 is 1. The van der Waals surface area contributed by atoms with Crippen LogP contribution in [-0.2, 0) is 16.0 Å². The summed E-state index contributed by atoms with van der Waals surface area (Å²) in [5.41, 5.74) is 1.31. The van der Waals surface area contributed by atoms with E-state index in [4.69, 9.17) is 14.2 Å². The molecule has 164 valence electrons. The van der Waals surface area contributed by atoms with E-state index < -0.39 is 0 Å². The average Bonchev–Trinajstić information content (AvgIpc) is 3.21. The van der Waals surface area contributed by atoms with E-state index in [1.165, 1.54) is 7.11 Å². The molecule has 2 aliphatic heterocycles. The average molecular weight is 427 g/mol. The minimum absolute atomic E-state index is 0.0137. The first kappa shape index (κ1) is 20.8. The van der Waals surface area contributed by atoms with Crippen molar-refractivity contribution in [3.63, 3.8) is 0 Å². The predicted octanol–water partition coefficient (Wildman–Crippen LogP) is 1.45. The lowest BCUT2D eigenvalue weighted by atomic mass is 10.1. The zero-order valence-corrected chi connectivity index (χ0v) is 17.3. The lowest BCUT2D eigenvalue weighted by Crippen LogP contribution is -2.50. The molecule has 0 aliphatic carbocycles. The first-order valence-electron chi connectivity index (χ1n) is 10.1. The zero-order valence-electron chi connectivity index (χ0n) is 17.3. The van der Waals surface area contributed by atoms with E-state index in [9.17, 15) is 14.7 Å². The van der Waals surface area contributed by atoms with E-state index in [1.807, 2.05) is 11.0 Å². The number of hydrogen-bond acceptors (Lipinski definition) is 7. The second-order valence-electron chi connectivity index (χ2n) is 7.46. The minimum atomic E-state index is -0.170. The van der Waals surface area contributed by atoms with Crippen molar-refractivity contribution in [3.05, 3.63) is 42.0 Å². The molecule has 0 aromatic heterocycles. The molecule has 0 saturated carbocycles. The molecule has 1 fully saturated rings. The first-order valence-corrected chi connectivity index (χ1v) is 10.1. The van der Waals surface area contributed by atoms with Crippen LogP contribution in [0.1, 0.15) is 5.56 Å². The molecule has 4 rings (SSSR count). The standard InChI is InChI=1S/C22H25N3O6/c1-29-18-12-20-19(30-14-31-20)11-17(18)23-21(27)13-24-5-7-25(8-6-24)22(28)10-15-3-2-4-16(26)9-15/h2-4,9,11-12,26H,5-8,10,13-14H2,1H3,(H,23,27). The van der Waals surface area contributed by atoms with Crippen LogP contribution in [-0.4, -0.2) is 73.3 Å².